The summed E-state index contributed by atoms with van der Waals surface area (Å²) in [4.78, 5) is 4.04. The van der Waals surface area contributed by atoms with E-state index >= 15 is 0 Å². The lowest BCUT2D eigenvalue weighted by atomic mass is 10.1. The zero-order valence-corrected chi connectivity index (χ0v) is 8.06. The van der Waals surface area contributed by atoms with Crippen LogP contribution in [-0.2, 0) is 6.42 Å². The normalized spacial score (nSPS) is 10.1. The van der Waals surface area contributed by atoms with Crippen LogP contribution < -0.4 is 5.73 Å². The number of rotatable bonds is 2. The highest BCUT2D eigenvalue weighted by Gasteiger charge is 2.01. The fourth-order valence-electron chi connectivity index (χ4n) is 1.02. The Morgan fingerprint density at radius 2 is 2.27 bits per heavy atom. The molecule has 2 nitrogen and oxygen atoms in total. The third-order valence-electron chi connectivity index (χ3n) is 1.61. The van der Waals surface area contributed by atoms with Crippen molar-refractivity contribution in [3.05, 3.63) is 28.0 Å². The molecule has 0 aliphatic rings. The third-order valence-corrected chi connectivity index (χ3v) is 2.30. The van der Waals surface area contributed by atoms with Crippen molar-refractivity contribution in [2.45, 2.75) is 13.3 Å². The molecule has 2 N–H and O–H groups in total. The first-order valence-corrected chi connectivity index (χ1v) is 4.34. The van der Waals surface area contributed by atoms with E-state index in [4.69, 9.17) is 5.73 Å². The zero-order valence-electron chi connectivity index (χ0n) is 6.47. The largest absolute Gasteiger partial charge is 0.330 e. The summed E-state index contributed by atoms with van der Waals surface area (Å²) in [7, 11) is 0. The Morgan fingerprint density at radius 1 is 1.55 bits per heavy atom. The Balaban J connectivity index is 3.00. The maximum atomic E-state index is 5.46. The lowest BCUT2D eigenvalue weighted by Gasteiger charge is -2.04. The van der Waals surface area contributed by atoms with Crippen LogP contribution in [0.2, 0.25) is 0 Å². The number of pyridine rings is 1. The van der Waals surface area contributed by atoms with Crippen LogP contribution in [0.1, 0.15) is 11.1 Å². The fourth-order valence-corrected chi connectivity index (χ4v) is 1.65. The fraction of sp³-hybridized carbons (Fsp3) is 0.375. The molecule has 0 saturated carbocycles. The van der Waals surface area contributed by atoms with Crippen LogP contribution in [0.15, 0.2) is 16.9 Å². The van der Waals surface area contributed by atoms with Crippen molar-refractivity contribution in [2.24, 2.45) is 5.73 Å². The molecule has 0 saturated heterocycles. The topological polar surface area (TPSA) is 38.9 Å². The minimum Gasteiger partial charge on any atom is -0.330 e. The van der Waals surface area contributed by atoms with Crippen LogP contribution in [0.25, 0.3) is 0 Å². The molecule has 0 unspecified atom stereocenters. The average Bonchev–Trinajstić information content (AvgIpc) is 1.97. The van der Waals surface area contributed by atoms with E-state index in [-0.39, 0.29) is 0 Å². The van der Waals surface area contributed by atoms with Gasteiger partial charge < -0.3 is 5.73 Å². The molecule has 0 fully saturated rings. The molecule has 0 bridgehead atoms. The second kappa shape index (κ2) is 3.83. The van der Waals surface area contributed by atoms with E-state index in [9.17, 15) is 0 Å². The molecule has 0 amide bonds. The maximum Gasteiger partial charge on any atom is 0.0413 e. The summed E-state index contributed by atoms with van der Waals surface area (Å²) >= 11 is 3.43. The standard InChI is InChI=1S/C8H11BrN2/c1-6-4-11-5-8(9)7(6)2-3-10/h4-5H,2-3,10H2,1H3. The summed E-state index contributed by atoms with van der Waals surface area (Å²) < 4.78 is 1.06. The van der Waals surface area contributed by atoms with E-state index in [1.54, 1.807) is 6.20 Å². The molecule has 0 aliphatic heterocycles. The minimum atomic E-state index is 0.684. The van der Waals surface area contributed by atoms with Gasteiger partial charge in [0.05, 0.1) is 0 Å². The Morgan fingerprint density at radius 3 is 2.82 bits per heavy atom. The lowest BCUT2D eigenvalue weighted by Crippen LogP contribution is -2.05. The molecule has 0 radical (unpaired) electrons. The van der Waals surface area contributed by atoms with Crippen molar-refractivity contribution in [1.29, 1.82) is 0 Å². The molecule has 1 aromatic heterocycles. The first-order valence-electron chi connectivity index (χ1n) is 3.54. The van der Waals surface area contributed by atoms with Gasteiger partial charge in [-0.3, -0.25) is 4.98 Å². The molecule has 3 heteroatoms. The number of aryl methyl sites for hydroxylation is 1. The molecule has 1 rings (SSSR count). The molecule has 0 aromatic carbocycles. The summed E-state index contributed by atoms with van der Waals surface area (Å²) in [6.45, 7) is 2.73. The highest BCUT2D eigenvalue weighted by Crippen LogP contribution is 2.18. The summed E-state index contributed by atoms with van der Waals surface area (Å²) in [5, 5.41) is 0. The molecule has 60 valence electrons. The maximum absolute atomic E-state index is 5.46. The van der Waals surface area contributed by atoms with Crippen LogP contribution in [0.4, 0.5) is 0 Å². The van der Waals surface area contributed by atoms with Gasteiger partial charge in [-0.25, -0.2) is 0 Å². The van der Waals surface area contributed by atoms with Gasteiger partial charge in [-0.15, -0.1) is 0 Å². The van der Waals surface area contributed by atoms with Crippen molar-refractivity contribution < 1.29 is 0 Å². The predicted octanol–water partition coefficient (Wildman–Crippen LogP) is 1.65. The van der Waals surface area contributed by atoms with Crippen LogP contribution in [0, 0.1) is 6.92 Å². The first-order chi connectivity index (χ1) is 5.25. The van der Waals surface area contributed by atoms with E-state index in [1.807, 2.05) is 13.1 Å². The second-order valence-electron chi connectivity index (χ2n) is 2.46. The average molecular weight is 215 g/mol. The SMILES string of the molecule is Cc1cncc(Br)c1CCN. The number of aromatic nitrogens is 1. The minimum absolute atomic E-state index is 0.684. The molecule has 0 aliphatic carbocycles. The summed E-state index contributed by atoms with van der Waals surface area (Å²) in [6.07, 6.45) is 4.57. The van der Waals surface area contributed by atoms with Crippen LogP contribution in [0.3, 0.4) is 0 Å². The van der Waals surface area contributed by atoms with E-state index in [0.29, 0.717) is 6.54 Å². The van der Waals surface area contributed by atoms with Crippen molar-refractivity contribution >= 4 is 15.9 Å². The molecule has 11 heavy (non-hydrogen) atoms. The van der Waals surface area contributed by atoms with Gasteiger partial charge in [0, 0.05) is 16.9 Å². The Bertz CT molecular complexity index is 228. The van der Waals surface area contributed by atoms with Crippen molar-refractivity contribution in [2.75, 3.05) is 6.54 Å². The predicted molar refractivity (Wildman–Crippen MR) is 49.4 cm³/mol. The van der Waals surface area contributed by atoms with Crippen molar-refractivity contribution in [1.82, 2.24) is 4.98 Å². The quantitative estimate of drug-likeness (QED) is 0.814. The van der Waals surface area contributed by atoms with Crippen molar-refractivity contribution in [3.63, 3.8) is 0 Å². The number of hydrogen-bond donors (Lipinski definition) is 1. The van der Waals surface area contributed by atoms with Gasteiger partial charge >= 0.3 is 0 Å². The van der Waals surface area contributed by atoms with Crippen LogP contribution >= 0.6 is 15.9 Å². The number of nitrogens with two attached hydrogens (primary N) is 1. The molecule has 1 heterocycles. The Hall–Kier alpha value is -0.410. The van der Waals surface area contributed by atoms with Gasteiger partial charge in [0.25, 0.3) is 0 Å². The van der Waals surface area contributed by atoms with Gasteiger partial charge in [-0.1, -0.05) is 0 Å². The second-order valence-corrected chi connectivity index (χ2v) is 3.31. The van der Waals surface area contributed by atoms with Crippen LogP contribution in [-0.4, -0.2) is 11.5 Å². The molecule has 0 spiro atoms. The zero-order chi connectivity index (χ0) is 8.27. The summed E-state index contributed by atoms with van der Waals surface area (Å²) in [6, 6.07) is 0. The van der Waals surface area contributed by atoms with E-state index in [2.05, 4.69) is 20.9 Å². The van der Waals surface area contributed by atoms with Crippen LogP contribution in [0.5, 0.6) is 0 Å². The monoisotopic (exact) mass is 214 g/mol. The smallest absolute Gasteiger partial charge is 0.0413 e. The molecule has 1 aromatic rings. The number of halogens is 1. The number of nitrogens with zero attached hydrogens (tertiary/aromatic N) is 1. The van der Waals surface area contributed by atoms with Gasteiger partial charge in [-0.05, 0) is 46.9 Å². The van der Waals surface area contributed by atoms with Gasteiger partial charge in [0.15, 0.2) is 0 Å². The van der Waals surface area contributed by atoms with E-state index < -0.39 is 0 Å². The Labute approximate surface area is 75.0 Å². The Kier molecular flexibility index (Phi) is 3.02. The summed E-state index contributed by atoms with van der Waals surface area (Å²) in [5.74, 6) is 0. The molecule has 0 atom stereocenters. The molecular weight excluding hydrogens is 204 g/mol. The highest BCUT2D eigenvalue weighted by atomic mass is 79.9. The highest BCUT2D eigenvalue weighted by molar-refractivity contribution is 9.10. The van der Waals surface area contributed by atoms with Gasteiger partial charge in [-0.2, -0.15) is 0 Å². The van der Waals surface area contributed by atoms with E-state index in [1.165, 1.54) is 11.1 Å². The lowest BCUT2D eigenvalue weighted by molar-refractivity contribution is 0.944. The number of hydrogen-bond acceptors (Lipinski definition) is 2. The first kappa shape index (κ1) is 8.68. The van der Waals surface area contributed by atoms with E-state index in [0.717, 1.165) is 10.9 Å². The van der Waals surface area contributed by atoms with Gasteiger partial charge in [0.1, 0.15) is 0 Å². The summed E-state index contributed by atoms with van der Waals surface area (Å²) in [5.41, 5.74) is 7.92. The van der Waals surface area contributed by atoms with Crippen molar-refractivity contribution in [3.8, 4) is 0 Å². The molecular formula is C8H11BrN2. The van der Waals surface area contributed by atoms with Gasteiger partial charge in [0.2, 0.25) is 0 Å². The third kappa shape index (κ3) is 2.01.